The smallest absolute Gasteiger partial charge is 0.260 e. The number of aromatic nitrogens is 2. The minimum atomic E-state index is -0.683. The van der Waals surface area contributed by atoms with Gasteiger partial charge >= 0.3 is 0 Å². The van der Waals surface area contributed by atoms with Gasteiger partial charge < -0.3 is 9.47 Å². The summed E-state index contributed by atoms with van der Waals surface area (Å²) in [7, 11) is 1.53. The number of ether oxygens (including phenoxy) is 2. The zero-order chi connectivity index (χ0) is 12.3. The highest BCUT2D eigenvalue weighted by molar-refractivity contribution is 6.28. The first kappa shape index (κ1) is 11.6. The fraction of sp³-hybridized carbons (Fsp3) is 0.0909. The number of hydrogen-bond donors (Lipinski definition) is 0. The van der Waals surface area contributed by atoms with Gasteiger partial charge in [-0.05, 0) is 23.7 Å². The molecule has 0 aliphatic heterocycles. The van der Waals surface area contributed by atoms with Crippen molar-refractivity contribution in [3.05, 3.63) is 41.6 Å². The number of methoxy groups -OCH3 is 1. The average molecular weight is 255 g/mol. The Morgan fingerprint density at radius 3 is 2.82 bits per heavy atom. The van der Waals surface area contributed by atoms with E-state index >= 15 is 0 Å². The summed E-state index contributed by atoms with van der Waals surface area (Å²) >= 11 is 5.55. The highest BCUT2D eigenvalue weighted by Crippen LogP contribution is 2.25. The van der Waals surface area contributed by atoms with Gasteiger partial charge in [0.25, 0.3) is 5.88 Å². The van der Waals surface area contributed by atoms with Crippen molar-refractivity contribution in [3.8, 4) is 17.4 Å². The molecule has 2 aromatic rings. The first-order valence-electron chi connectivity index (χ1n) is 4.69. The Labute approximate surface area is 102 Å². The number of halogens is 2. The maximum atomic E-state index is 13.3. The fourth-order valence-electron chi connectivity index (χ4n) is 1.18. The molecule has 0 saturated heterocycles. The van der Waals surface area contributed by atoms with Crippen LogP contribution in [0.3, 0.4) is 0 Å². The molecule has 4 nitrogen and oxygen atoms in total. The summed E-state index contributed by atoms with van der Waals surface area (Å²) in [5, 5.41) is -0.0794. The van der Waals surface area contributed by atoms with Crippen LogP contribution in [0.25, 0.3) is 0 Å². The van der Waals surface area contributed by atoms with E-state index in [1.807, 2.05) is 0 Å². The van der Waals surface area contributed by atoms with Crippen LogP contribution in [-0.2, 0) is 0 Å². The van der Waals surface area contributed by atoms with E-state index in [0.717, 1.165) is 6.20 Å². The molecule has 0 radical (unpaired) electrons. The number of benzene rings is 1. The summed E-state index contributed by atoms with van der Waals surface area (Å²) in [6.45, 7) is 0. The van der Waals surface area contributed by atoms with E-state index in [1.54, 1.807) is 24.3 Å². The van der Waals surface area contributed by atoms with E-state index in [2.05, 4.69) is 9.97 Å². The fourth-order valence-corrected chi connectivity index (χ4v) is 1.30. The van der Waals surface area contributed by atoms with Gasteiger partial charge in [-0.2, -0.15) is 9.37 Å². The van der Waals surface area contributed by atoms with Crippen LogP contribution >= 0.6 is 11.6 Å². The van der Waals surface area contributed by atoms with Gasteiger partial charge in [-0.15, -0.1) is 0 Å². The summed E-state index contributed by atoms with van der Waals surface area (Å²) in [6.07, 6.45) is 0.949. The lowest BCUT2D eigenvalue weighted by Gasteiger charge is -2.06. The van der Waals surface area contributed by atoms with Crippen molar-refractivity contribution in [1.82, 2.24) is 9.97 Å². The van der Waals surface area contributed by atoms with Crippen LogP contribution in [-0.4, -0.2) is 17.1 Å². The van der Waals surface area contributed by atoms with Gasteiger partial charge in [0.05, 0.1) is 13.3 Å². The van der Waals surface area contributed by atoms with Crippen LogP contribution in [0.15, 0.2) is 30.5 Å². The van der Waals surface area contributed by atoms with Crippen molar-refractivity contribution in [2.24, 2.45) is 0 Å². The largest absolute Gasteiger partial charge is 0.497 e. The topological polar surface area (TPSA) is 44.2 Å². The third kappa shape index (κ3) is 2.82. The molecule has 1 aromatic heterocycles. The zero-order valence-corrected chi connectivity index (χ0v) is 9.61. The SMILES string of the molecule is COc1cccc(Oc2nc(Cl)ncc2F)c1. The Morgan fingerprint density at radius 1 is 1.29 bits per heavy atom. The van der Waals surface area contributed by atoms with Crippen LogP contribution in [0.4, 0.5) is 4.39 Å². The van der Waals surface area contributed by atoms with Crippen molar-refractivity contribution in [3.63, 3.8) is 0 Å². The molecule has 1 heterocycles. The maximum absolute atomic E-state index is 13.3. The predicted molar refractivity (Wildman–Crippen MR) is 60.1 cm³/mol. The molecule has 0 saturated carbocycles. The van der Waals surface area contributed by atoms with E-state index in [-0.39, 0.29) is 11.2 Å². The van der Waals surface area contributed by atoms with Gasteiger partial charge in [-0.25, -0.2) is 4.98 Å². The number of nitrogens with zero attached hydrogens (tertiary/aromatic N) is 2. The lowest BCUT2D eigenvalue weighted by molar-refractivity contribution is 0.399. The standard InChI is InChI=1S/C11H8ClFN2O2/c1-16-7-3-2-4-8(5-7)17-10-9(13)6-14-11(12)15-10/h2-6H,1H3. The second kappa shape index (κ2) is 4.97. The van der Waals surface area contributed by atoms with Gasteiger partial charge in [0.2, 0.25) is 11.1 Å². The molecule has 0 amide bonds. The Bertz CT molecular complexity index is 537. The lowest BCUT2D eigenvalue weighted by atomic mass is 10.3. The maximum Gasteiger partial charge on any atom is 0.260 e. The molecule has 0 aliphatic rings. The molecule has 2 rings (SSSR count). The molecule has 0 fully saturated rings. The number of hydrogen-bond acceptors (Lipinski definition) is 4. The third-order valence-electron chi connectivity index (χ3n) is 1.94. The predicted octanol–water partition coefficient (Wildman–Crippen LogP) is 3.07. The molecule has 0 bridgehead atoms. The summed E-state index contributed by atoms with van der Waals surface area (Å²) in [4.78, 5) is 7.13. The average Bonchev–Trinajstić information content (AvgIpc) is 2.34. The minimum Gasteiger partial charge on any atom is -0.497 e. The highest BCUT2D eigenvalue weighted by Gasteiger charge is 2.08. The molecule has 88 valence electrons. The molecule has 0 atom stereocenters. The summed E-state index contributed by atoms with van der Waals surface area (Å²) in [6, 6.07) is 6.72. The molecule has 0 aliphatic carbocycles. The van der Waals surface area contributed by atoms with Crippen molar-refractivity contribution < 1.29 is 13.9 Å². The van der Waals surface area contributed by atoms with Gasteiger partial charge in [-0.1, -0.05) is 6.07 Å². The van der Waals surface area contributed by atoms with E-state index in [0.29, 0.717) is 11.5 Å². The molecule has 0 unspecified atom stereocenters. The van der Waals surface area contributed by atoms with Crippen LogP contribution in [0.2, 0.25) is 5.28 Å². The van der Waals surface area contributed by atoms with E-state index < -0.39 is 5.82 Å². The zero-order valence-electron chi connectivity index (χ0n) is 8.85. The normalized spacial score (nSPS) is 10.1. The van der Waals surface area contributed by atoms with Crippen LogP contribution in [0, 0.1) is 5.82 Å². The summed E-state index contributed by atoms with van der Waals surface area (Å²) in [5.41, 5.74) is 0. The molecular weight excluding hydrogens is 247 g/mol. The minimum absolute atomic E-state index is 0.0794. The Kier molecular flexibility index (Phi) is 3.39. The second-order valence-corrected chi connectivity index (χ2v) is 3.41. The van der Waals surface area contributed by atoms with Crippen molar-refractivity contribution in [2.45, 2.75) is 0 Å². The Balaban J connectivity index is 2.27. The molecule has 17 heavy (non-hydrogen) atoms. The lowest BCUT2D eigenvalue weighted by Crippen LogP contribution is -1.94. The van der Waals surface area contributed by atoms with Crippen molar-refractivity contribution in [2.75, 3.05) is 7.11 Å². The molecule has 1 aromatic carbocycles. The van der Waals surface area contributed by atoms with Gasteiger partial charge in [0.1, 0.15) is 11.5 Å². The molecule has 0 spiro atoms. The third-order valence-corrected chi connectivity index (χ3v) is 2.12. The Hall–Kier alpha value is -1.88. The van der Waals surface area contributed by atoms with E-state index in [1.165, 1.54) is 7.11 Å². The van der Waals surface area contributed by atoms with Crippen molar-refractivity contribution >= 4 is 11.6 Å². The van der Waals surface area contributed by atoms with Gasteiger partial charge in [-0.3, -0.25) is 0 Å². The molecule has 6 heteroatoms. The second-order valence-electron chi connectivity index (χ2n) is 3.07. The number of rotatable bonds is 3. The van der Waals surface area contributed by atoms with Gasteiger partial charge in [0.15, 0.2) is 0 Å². The quantitative estimate of drug-likeness (QED) is 0.790. The Morgan fingerprint density at radius 2 is 2.06 bits per heavy atom. The molecule has 0 N–H and O–H groups in total. The van der Waals surface area contributed by atoms with Crippen LogP contribution in [0.1, 0.15) is 0 Å². The van der Waals surface area contributed by atoms with Crippen LogP contribution < -0.4 is 9.47 Å². The monoisotopic (exact) mass is 254 g/mol. The van der Waals surface area contributed by atoms with Crippen molar-refractivity contribution in [1.29, 1.82) is 0 Å². The summed E-state index contributed by atoms with van der Waals surface area (Å²) < 4.78 is 23.6. The summed E-state index contributed by atoms with van der Waals surface area (Å²) in [5.74, 6) is 0.0940. The van der Waals surface area contributed by atoms with E-state index in [9.17, 15) is 4.39 Å². The first-order valence-corrected chi connectivity index (χ1v) is 5.07. The first-order chi connectivity index (χ1) is 8.19. The van der Waals surface area contributed by atoms with Gasteiger partial charge in [0, 0.05) is 6.07 Å². The van der Waals surface area contributed by atoms with Crippen LogP contribution in [0.5, 0.6) is 17.4 Å². The van der Waals surface area contributed by atoms with E-state index in [4.69, 9.17) is 21.1 Å². The highest BCUT2D eigenvalue weighted by atomic mass is 35.5. The molecular formula is C11H8ClFN2O2.